The monoisotopic (exact) mass is 370 g/mol. The van der Waals surface area contributed by atoms with E-state index in [2.05, 4.69) is 5.32 Å². The molecule has 0 radical (unpaired) electrons. The van der Waals surface area contributed by atoms with Crippen LogP contribution in [0.1, 0.15) is 15.9 Å². The van der Waals surface area contributed by atoms with Crippen molar-refractivity contribution in [2.75, 3.05) is 0 Å². The van der Waals surface area contributed by atoms with Gasteiger partial charge in [-0.25, -0.2) is 0 Å². The molecule has 120 valence electrons. The largest absolute Gasteiger partial charge is 0.368 e. The van der Waals surface area contributed by atoms with Crippen LogP contribution in [0.5, 0.6) is 0 Å². The van der Waals surface area contributed by atoms with Crippen molar-refractivity contribution >= 4 is 46.6 Å². The molecule has 0 saturated carbocycles. The van der Waals surface area contributed by atoms with Crippen molar-refractivity contribution in [2.45, 2.75) is 12.5 Å². The lowest BCUT2D eigenvalue weighted by atomic mass is 10.0. The highest BCUT2D eigenvalue weighted by atomic mass is 35.5. The lowest BCUT2D eigenvalue weighted by Gasteiger charge is -2.17. The minimum atomic E-state index is -0.919. The van der Waals surface area contributed by atoms with Crippen molar-refractivity contribution in [1.82, 2.24) is 5.32 Å². The summed E-state index contributed by atoms with van der Waals surface area (Å²) in [6.45, 7) is 0. The number of carbonyl (C=O) groups excluding carboxylic acids is 2. The zero-order chi connectivity index (χ0) is 17.0. The van der Waals surface area contributed by atoms with Crippen LogP contribution < -0.4 is 11.1 Å². The number of carbonyl (C=O) groups is 2. The van der Waals surface area contributed by atoms with E-state index in [-0.39, 0.29) is 17.0 Å². The fourth-order valence-electron chi connectivity index (χ4n) is 2.01. The molecule has 2 aromatic carbocycles. The zero-order valence-corrected chi connectivity index (χ0v) is 14.1. The van der Waals surface area contributed by atoms with Crippen LogP contribution in [0.3, 0.4) is 0 Å². The van der Waals surface area contributed by atoms with E-state index in [0.29, 0.717) is 15.6 Å². The van der Waals surface area contributed by atoms with Crippen molar-refractivity contribution in [3.8, 4) is 0 Å². The molecular weight excluding hydrogens is 359 g/mol. The maximum atomic E-state index is 12.3. The Kier molecular flexibility index (Phi) is 5.88. The third kappa shape index (κ3) is 4.61. The summed E-state index contributed by atoms with van der Waals surface area (Å²) in [7, 11) is 0. The first-order valence-corrected chi connectivity index (χ1v) is 7.80. The van der Waals surface area contributed by atoms with Crippen LogP contribution in [0, 0.1) is 0 Å². The third-order valence-electron chi connectivity index (χ3n) is 3.21. The first-order valence-electron chi connectivity index (χ1n) is 6.67. The highest BCUT2D eigenvalue weighted by Crippen LogP contribution is 2.22. The van der Waals surface area contributed by atoms with Crippen molar-refractivity contribution in [2.24, 2.45) is 5.73 Å². The van der Waals surface area contributed by atoms with Gasteiger partial charge in [0.25, 0.3) is 5.91 Å². The average Bonchev–Trinajstić information content (AvgIpc) is 2.49. The number of halogens is 3. The fraction of sp³-hybridized carbons (Fsp3) is 0.125. The highest BCUT2D eigenvalue weighted by molar-refractivity contribution is 6.35. The van der Waals surface area contributed by atoms with Crippen molar-refractivity contribution in [3.05, 3.63) is 68.7 Å². The number of amides is 2. The van der Waals surface area contributed by atoms with E-state index < -0.39 is 17.9 Å². The molecule has 2 rings (SSSR count). The molecule has 0 fully saturated rings. The molecule has 0 aliphatic carbocycles. The molecule has 7 heteroatoms. The van der Waals surface area contributed by atoms with E-state index in [1.54, 1.807) is 42.5 Å². The van der Waals surface area contributed by atoms with Gasteiger partial charge in [0.15, 0.2) is 0 Å². The Balaban J connectivity index is 2.18. The number of benzene rings is 2. The topological polar surface area (TPSA) is 72.2 Å². The molecule has 0 saturated heterocycles. The predicted molar refractivity (Wildman–Crippen MR) is 92.1 cm³/mol. The number of hydrogen-bond acceptors (Lipinski definition) is 2. The molecule has 0 unspecified atom stereocenters. The van der Waals surface area contributed by atoms with Crippen LogP contribution >= 0.6 is 34.8 Å². The van der Waals surface area contributed by atoms with Gasteiger partial charge in [0, 0.05) is 16.5 Å². The summed E-state index contributed by atoms with van der Waals surface area (Å²) < 4.78 is 0. The molecule has 2 aromatic rings. The first kappa shape index (κ1) is 17.6. The molecule has 0 bridgehead atoms. The van der Waals surface area contributed by atoms with Crippen molar-refractivity contribution < 1.29 is 9.59 Å². The summed E-state index contributed by atoms with van der Waals surface area (Å²) in [6, 6.07) is 10.5. The van der Waals surface area contributed by atoms with Gasteiger partial charge in [0.2, 0.25) is 5.91 Å². The van der Waals surface area contributed by atoms with E-state index in [9.17, 15) is 9.59 Å². The molecule has 23 heavy (non-hydrogen) atoms. The molecule has 0 aromatic heterocycles. The summed E-state index contributed by atoms with van der Waals surface area (Å²) in [5, 5.41) is 3.74. The van der Waals surface area contributed by atoms with E-state index in [1.165, 1.54) is 0 Å². The normalized spacial score (nSPS) is 11.8. The van der Waals surface area contributed by atoms with E-state index in [0.717, 1.165) is 0 Å². The van der Waals surface area contributed by atoms with Gasteiger partial charge in [-0.3, -0.25) is 9.59 Å². The lowest BCUT2D eigenvalue weighted by molar-refractivity contribution is -0.119. The lowest BCUT2D eigenvalue weighted by Crippen LogP contribution is -2.46. The molecule has 1 atom stereocenters. The minimum absolute atomic E-state index is 0.154. The SMILES string of the molecule is NC(=O)[C@@H](Cc1ccc(Cl)cc1Cl)NC(=O)c1ccccc1Cl. The second-order valence-electron chi connectivity index (χ2n) is 4.85. The quantitative estimate of drug-likeness (QED) is 0.844. The van der Waals surface area contributed by atoms with Crippen LogP contribution in [0.2, 0.25) is 15.1 Å². The third-order valence-corrected chi connectivity index (χ3v) is 4.12. The summed E-state index contributed by atoms with van der Waals surface area (Å²) >= 11 is 17.9. The smallest absolute Gasteiger partial charge is 0.253 e. The second kappa shape index (κ2) is 7.68. The van der Waals surface area contributed by atoms with Gasteiger partial charge in [-0.15, -0.1) is 0 Å². The van der Waals surface area contributed by atoms with Gasteiger partial charge < -0.3 is 11.1 Å². The fourth-order valence-corrected chi connectivity index (χ4v) is 2.72. The number of primary amides is 1. The summed E-state index contributed by atoms with van der Waals surface area (Å²) in [5.41, 5.74) is 6.29. The van der Waals surface area contributed by atoms with Gasteiger partial charge in [-0.1, -0.05) is 53.0 Å². The molecular formula is C16H13Cl3N2O2. The Morgan fingerprint density at radius 3 is 2.35 bits per heavy atom. The Labute approximate surface area is 148 Å². The molecule has 2 amide bonds. The summed E-state index contributed by atoms with van der Waals surface area (Å²) in [6.07, 6.45) is 0.154. The summed E-state index contributed by atoms with van der Waals surface area (Å²) in [4.78, 5) is 23.9. The average molecular weight is 372 g/mol. The second-order valence-corrected chi connectivity index (χ2v) is 6.10. The van der Waals surface area contributed by atoms with E-state index in [1.807, 2.05) is 0 Å². The van der Waals surface area contributed by atoms with Gasteiger partial charge in [0.1, 0.15) is 6.04 Å². The van der Waals surface area contributed by atoms with Crippen molar-refractivity contribution in [1.29, 1.82) is 0 Å². The molecule has 4 nitrogen and oxygen atoms in total. The molecule has 0 aliphatic rings. The first-order chi connectivity index (χ1) is 10.9. The van der Waals surface area contributed by atoms with E-state index >= 15 is 0 Å². The van der Waals surface area contributed by atoms with Crippen molar-refractivity contribution in [3.63, 3.8) is 0 Å². The van der Waals surface area contributed by atoms with Crippen LogP contribution in [-0.2, 0) is 11.2 Å². The predicted octanol–water partition coefficient (Wildman–Crippen LogP) is 3.47. The maximum absolute atomic E-state index is 12.3. The number of nitrogens with one attached hydrogen (secondary N) is 1. The number of hydrogen-bond donors (Lipinski definition) is 2. The molecule has 3 N–H and O–H groups in total. The van der Waals surface area contributed by atoms with Gasteiger partial charge in [-0.05, 0) is 29.8 Å². The number of rotatable bonds is 5. The standard InChI is InChI=1S/C16H13Cl3N2O2/c17-10-6-5-9(13(19)8-10)7-14(15(20)22)21-16(23)11-3-1-2-4-12(11)18/h1-6,8,14H,7H2,(H2,20,22)(H,21,23)/t14-/m1/s1. The molecule has 0 spiro atoms. The van der Waals surface area contributed by atoms with Gasteiger partial charge >= 0.3 is 0 Å². The van der Waals surface area contributed by atoms with Crippen LogP contribution in [0.4, 0.5) is 0 Å². The van der Waals surface area contributed by atoms with Gasteiger partial charge in [0.05, 0.1) is 10.6 Å². The Morgan fingerprint density at radius 1 is 1.04 bits per heavy atom. The van der Waals surface area contributed by atoms with Crippen LogP contribution in [-0.4, -0.2) is 17.9 Å². The number of nitrogens with two attached hydrogens (primary N) is 1. The Bertz CT molecular complexity index is 750. The van der Waals surface area contributed by atoms with E-state index in [4.69, 9.17) is 40.5 Å². The van der Waals surface area contributed by atoms with Crippen LogP contribution in [0.15, 0.2) is 42.5 Å². The molecule has 0 heterocycles. The maximum Gasteiger partial charge on any atom is 0.253 e. The Morgan fingerprint density at radius 2 is 1.74 bits per heavy atom. The summed E-state index contributed by atoms with van der Waals surface area (Å²) in [5.74, 6) is -1.15. The van der Waals surface area contributed by atoms with Gasteiger partial charge in [-0.2, -0.15) is 0 Å². The minimum Gasteiger partial charge on any atom is -0.368 e. The highest BCUT2D eigenvalue weighted by Gasteiger charge is 2.21. The van der Waals surface area contributed by atoms with Crippen LogP contribution in [0.25, 0.3) is 0 Å². The zero-order valence-electron chi connectivity index (χ0n) is 11.9. The molecule has 0 aliphatic heterocycles. The Hall–Kier alpha value is -1.75.